The lowest BCUT2D eigenvalue weighted by Gasteiger charge is -2.46. The van der Waals surface area contributed by atoms with E-state index in [0.29, 0.717) is 0 Å². The van der Waals surface area contributed by atoms with Gasteiger partial charge in [0, 0.05) is 100 Å². The van der Waals surface area contributed by atoms with Gasteiger partial charge < -0.3 is 24.5 Å². The van der Waals surface area contributed by atoms with Crippen molar-refractivity contribution >= 4 is 143 Å². The molecule has 0 aliphatic carbocycles. The summed E-state index contributed by atoms with van der Waals surface area (Å²) in [5.74, 6) is 0. The van der Waals surface area contributed by atoms with Gasteiger partial charge in [0.05, 0.1) is 17.1 Å². The maximum absolute atomic E-state index is 2.66. The summed E-state index contributed by atoms with van der Waals surface area (Å²) in [6.07, 6.45) is 0. The van der Waals surface area contributed by atoms with Crippen molar-refractivity contribution in [3.05, 3.63) is 394 Å². The van der Waals surface area contributed by atoms with Crippen LogP contribution in [-0.4, -0.2) is 13.4 Å². The average Bonchev–Trinajstić information content (AvgIpc) is 0.688. The van der Waals surface area contributed by atoms with Gasteiger partial charge in [0.1, 0.15) is 0 Å². The molecule has 20 rings (SSSR count). The van der Waals surface area contributed by atoms with Gasteiger partial charge in [-0.1, -0.05) is 308 Å². The molecule has 4 heterocycles. The third-order valence-corrected chi connectivity index (χ3v) is 22.3. The molecule has 5 nitrogen and oxygen atoms in total. The maximum atomic E-state index is 2.66. The molecule has 0 amide bonds. The average molecular weight is 1340 g/mol. The summed E-state index contributed by atoms with van der Waals surface area (Å²) in [5.41, 5.74) is 33.3. The first kappa shape index (κ1) is 60.9. The molecule has 0 radical (unpaired) electrons. The topological polar surface area (TPSA) is 16.2 Å². The van der Waals surface area contributed by atoms with Crippen molar-refractivity contribution in [3.63, 3.8) is 0 Å². The summed E-state index contributed by atoms with van der Waals surface area (Å²) < 4.78 is 0. The first-order valence-electron chi connectivity index (χ1n) is 35.8. The smallest absolute Gasteiger partial charge is 0.252 e. The summed E-state index contributed by atoms with van der Waals surface area (Å²) in [6, 6.07) is 146. The number of benzene rings is 16. The van der Waals surface area contributed by atoms with Crippen LogP contribution < -0.4 is 57.3 Å². The van der Waals surface area contributed by atoms with Crippen LogP contribution in [0.25, 0.3) is 44.5 Å². The van der Waals surface area contributed by atoms with Gasteiger partial charge in [-0.25, -0.2) is 0 Å². The molecular weight excluding hydrogens is 1280 g/mol. The third kappa shape index (κ3) is 10.1. The van der Waals surface area contributed by atoms with E-state index in [0.717, 1.165) is 130 Å². The van der Waals surface area contributed by atoms with Gasteiger partial charge in [0.25, 0.3) is 6.71 Å². The molecule has 0 saturated carbocycles. The fourth-order valence-electron chi connectivity index (χ4n) is 16.9. The largest absolute Gasteiger partial charge is 0.311 e. The maximum Gasteiger partial charge on any atom is 0.252 e. The molecule has 4 aliphatic heterocycles. The molecule has 486 valence electrons. The molecule has 0 saturated heterocycles. The van der Waals surface area contributed by atoms with Crippen LogP contribution in [0.3, 0.4) is 0 Å². The van der Waals surface area contributed by atoms with Crippen LogP contribution in [0.4, 0.5) is 85.3 Å². The highest BCUT2D eigenvalue weighted by Gasteiger charge is 2.48. The van der Waals surface area contributed by atoms with E-state index in [1.165, 1.54) is 42.6 Å². The van der Waals surface area contributed by atoms with Crippen molar-refractivity contribution < 1.29 is 0 Å². The Labute approximate surface area is 612 Å². The fourth-order valence-corrected chi connectivity index (χ4v) is 18.1. The SMILES string of the molecule is c1ccc(-c2cccc(-c3ccccc3)c2N2c3ccccc3B3c4cc5c(cc4Sc4cc(N(c6ccccc6)c6ccccc6)cc2c43)N(c2ccccc2)c2cc(N(c3ccccc3)c3ccccc3)cc3c2B5c2ccccc2N3c2c(-c3ccccc3)cccc2-c2ccccc2)cc1. The number of fused-ring (bicyclic) bond motifs is 8. The summed E-state index contributed by atoms with van der Waals surface area (Å²) in [6.45, 7) is -0.387. The van der Waals surface area contributed by atoms with Gasteiger partial charge in [0.15, 0.2) is 0 Å². The number of hydrogen-bond donors (Lipinski definition) is 0. The predicted octanol–water partition coefficient (Wildman–Crippen LogP) is 22.1. The summed E-state index contributed by atoms with van der Waals surface area (Å²) in [4.78, 5) is 15.2. The highest BCUT2D eigenvalue weighted by atomic mass is 32.2. The number of rotatable bonds is 13. The van der Waals surface area contributed by atoms with Gasteiger partial charge in [-0.2, -0.15) is 0 Å². The predicted molar refractivity (Wildman–Crippen MR) is 441 cm³/mol. The Morgan fingerprint density at radius 1 is 0.212 bits per heavy atom. The van der Waals surface area contributed by atoms with E-state index in [1.54, 1.807) is 0 Å². The molecule has 0 spiro atoms. The van der Waals surface area contributed by atoms with Gasteiger partial charge in [0.2, 0.25) is 6.71 Å². The van der Waals surface area contributed by atoms with Crippen molar-refractivity contribution in [1.29, 1.82) is 0 Å². The lowest BCUT2D eigenvalue weighted by atomic mass is 9.31. The van der Waals surface area contributed by atoms with Crippen molar-refractivity contribution in [1.82, 2.24) is 0 Å². The Balaban J connectivity index is 0.887. The van der Waals surface area contributed by atoms with E-state index in [9.17, 15) is 0 Å². The van der Waals surface area contributed by atoms with Gasteiger partial charge in [-0.15, -0.1) is 0 Å². The first-order valence-corrected chi connectivity index (χ1v) is 36.6. The van der Waals surface area contributed by atoms with Crippen LogP contribution in [0.15, 0.2) is 404 Å². The molecule has 0 bridgehead atoms. The minimum Gasteiger partial charge on any atom is -0.311 e. The zero-order valence-electron chi connectivity index (χ0n) is 56.8. The Hall–Kier alpha value is -13.0. The lowest BCUT2D eigenvalue weighted by molar-refractivity contribution is 1.22. The zero-order chi connectivity index (χ0) is 68.6. The summed E-state index contributed by atoms with van der Waals surface area (Å²) in [5, 5.41) is 0. The second-order valence-corrected chi connectivity index (χ2v) is 28.1. The quantitative estimate of drug-likeness (QED) is 0.106. The van der Waals surface area contributed by atoms with Crippen LogP contribution in [-0.2, 0) is 0 Å². The van der Waals surface area contributed by atoms with Crippen LogP contribution >= 0.6 is 11.8 Å². The third-order valence-electron chi connectivity index (χ3n) is 21.2. The summed E-state index contributed by atoms with van der Waals surface area (Å²) >= 11 is 1.91. The van der Waals surface area contributed by atoms with Gasteiger partial charge >= 0.3 is 0 Å². The minimum absolute atomic E-state index is 0.172. The van der Waals surface area contributed by atoms with Crippen molar-refractivity contribution in [2.24, 2.45) is 0 Å². The second kappa shape index (κ2) is 25.6. The molecule has 0 atom stereocenters. The van der Waals surface area contributed by atoms with Crippen molar-refractivity contribution in [2.45, 2.75) is 9.79 Å². The molecular formula is C96H65B2N5S. The van der Waals surface area contributed by atoms with E-state index >= 15 is 0 Å². The van der Waals surface area contributed by atoms with Crippen molar-refractivity contribution in [3.8, 4) is 44.5 Å². The Morgan fingerprint density at radius 2 is 0.538 bits per heavy atom. The van der Waals surface area contributed by atoms with E-state index in [2.05, 4.69) is 419 Å². The molecule has 16 aromatic carbocycles. The minimum atomic E-state index is -0.215. The fraction of sp³-hybridized carbons (Fsp3) is 0. The van der Waals surface area contributed by atoms with Gasteiger partial charge in [-0.3, -0.25) is 0 Å². The Kier molecular flexibility index (Phi) is 15.0. The first-order chi connectivity index (χ1) is 51.7. The molecule has 16 aromatic rings. The molecule has 0 fully saturated rings. The molecule has 4 aliphatic rings. The summed E-state index contributed by atoms with van der Waals surface area (Å²) in [7, 11) is 0. The molecule has 0 unspecified atom stereocenters. The molecule has 0 N–H and O–H groups in total. The van der Waals surface area contributed by atoms with Crippen molar-refractivity contribution in [2.75, 3.05) is 24.5 Å². The van der Waals surface area contributed by atoms with Crippen LogP contribution in [0.2, 0.25) is 0 Å². The number of nitrogens with zero attached hydrogens (tertiary/aromatic N) is 5. The van der Waals surface area contributed by atoms with E-state index in [1.807, 2.05) is 11.8 Å². The highest BCUT2D eigenvalue weighted by molar-refractivity contribution is 8.00. The van der Waals surface area contributed by atoms with E-state index < -0.39 is 0 Å². The normalized spacial score (nSPS) is 12.7. The van der Waals surface area contributed by atoms with Crippen LogP contribution in [0.5, 0.6) is 0 Å². The molecule has 104 heavy (non-hydrogen) atoms. The van der Waals surface area contributed by atoms with Crippen LogP contribution in [0, 0.1) is 0 Å². The number of para-hydroxylation sites is 9. The Morgan fingerprint density at radius 3 is 0.942 bits per heavy atom. The van der Waals surface area contributed by atoms with Crippen LogP contribution in [0.1, 0.15) is 0 Å². The lowest BCUT2D eigenvalue weighted by Crippen LogP contribution is -2.64. The molecule has 8 heteroatoms. The monoisotopic (exact) mass is 1340 g/mol. The number of anilines is 15. The van der Waals surface area contributed by atoms with Gasteiger partial charge in [-0.05, 0) is 153 Å². The Bertz CT molecular complexity index is 5730. The molecule has 0 aromatic heterocycles. The van der Waals surface area contributed by atoms with E-state index in [-0.39, 0.29) is 13.4 Å². The standard InChI is InChI=1S/C96H65B2N5S/c1-10-34-66(35-11-1)77-52-32-53-78(67-36-12-2-13-37-67)95(77)102-85-58-30-28-56-81(85)97-83-64-84-91(65-87(83)101(74-50-26-9-27-51-74)88-60-75(61-89(102)93(88)97)99(70-42-18-5-19-43-70)71-44-20-6-21-45-71)104-92-63-76(100(72-46-22-7-23-47-72)73-48-24-8-25-49-73)62-90-94(92)98(84)82-57-29-31-59-86(82)103(90)96-79(68-38-14-3-15-39-68)54-33-55-80(96)69-40-16-4-17-41-69/h1-65H. The highest BCUT2D eigenvalue weighted by Crippen LogP contribution is 2.55. The van der Waals surface area contributed by atoms with E-state index in [4.69, 9.17) is 0 Å². The zero-order valence-corrected chi connectivity index (χ0v) is 57.6. The number of hydrogen-bond acceptors (Lipinski definition) is 6. The second-order valence-electron chi connectivity index (χ2n) is 27.0.